The second-order valence-electron chi connectivity index (χ2n) is 6.07. The van der Waals surface area contributed by atoms with Gasteiger partial charge in [0.25, 0.3) is 0 Å². The number of thioether (sulfide) groups is 1. The number of carbonyl (C=O) groups excluding carboxylic acids is 1. The van der Waals surface area contributed by atoms with E-state index >= 15 is 0 Å². The van der Waals surface area contributed by atoms with Crippen molar-refractivity contribution in [3.8, 4) is 17.2 Å². The molecule has 0 saturated heterocycles. The van der Waals surface area contributed by atoms with Crippen molar-refractivity contribution < 1.29 is 19.0 Å². The van der Waals surface area contributed by atoms with Crippen molar-refractivity contribution in [3.63, 3.8) is 0 Å². The molecule has 0 radical (unpaired) electrons. The molecule has 0 saturated carbocycles. The SMILES string of the molecule is COc1ccc2c(C)cc(SCC(=O)Nc3ccc4c(c3)OCO4)nc2c1. The number of ether oxygens (including phenoxy) is 3. The number of benzene rings is 2. The number of hydrogen-bond donors (Lipinski definition) is 1. The third-order valence-corrected chi connectivity index (χ3v) is 5.12. The van der Waals surface area contributed by atoms with Gasteiger partial charge < -0.3 is 19.5 Å². The Morgan fingerprint density at radius 2 is 2.04 bits per heavy atom. The van der Waals surface area contributed by atoms with Gasteiger partial charge in [-0.25, -0.2) is 4.98 Å². The van der Waals surface area contributed by atoms with Crippen molar-refractivity contribution in [1.82, 2.24) is 4.98 Å². The summed E-state index contributed by atoms with van der Waals surface area (Å²) in [6, 6.07) is 13.1. The zero-order valence-corrected chi connectivity index (χ0v) is 15.8. The summed E-state index contributed by atoms with van der Waals surface area (Å²) in [5.74, 6) is 2.24. The Labute approximate surface area is 160 Å². The number of nitrogens with zero attached hydrogens (tertiary/aromatic N) is 1. The highest BCUT2D eigenvalue weighted by atomic mass is 32.2. The smallest absolute Gasteiger partial charge is 0.234 e. The van der Waals surface area contributed by atoms with Gasteiger partial charge in [-0.15, -0.1) is 0 Å². The van der Waals surface area contributed by atoms with Crippen molar-refractivity contribution in [2.24, 2.45) is 0 Å². The molecule has 0 bridgehead atoms. The van der Waals surface area contributed by atoms with Crippen LogP contribution in [0.2, 0.25) is 0 Å². The van der Waals surface area contributed by atoms with Crippen LogP contribution < -0.4 is 19.5 Å². The van der Waals surface area contributed by atoms with E-state index in [0.29, 0.717) is 17.2 Å². The standard InChI is InChI=1S/C20H18N2O4S/c1-12-7-20(22-16-9-14(24-2)4-5-15(12)16)27-10-19(23)21-13-3-6-17-18(8-13)26-11-25-17/h3-9H,10-11H2,1-2H3,(H,21,23). The number of methoxy groups -OCH3 is 1. The molecule has 3 aromatic rings. The summed E-state index contributed by atoms with van der Waals surface area (Å²) < 4.78 is 15.9. The summed E-state index contributed by atoms with van der Waals surface area (Å²) in [5.41, 5.74) is 2.64. The van der Waals surface area contributed by atoms with Crippen LogP contribution in [0, 0.1) is 6.92 Å². The number of carbonyl (C=O) groups is 1. The Morgan fingerprint density at radius 3 is 2.89 bits per heavy atom. The van der Waals surface area contributed by atoms with Crippen molar-refractivity contribution >= 4 is 34.3 Å². The number of fused-ring (bicyclic) bond motifs is 2. The van der Waals surface area contributed by atoms with Crippen molar-refractivity contribution in [1.29, 1.82) is 0 Å². The van der Waals surface area contributed by atoms with Gasteiger partial charge in [0.2, 0.25) is 12.7 Å². The summed E-state index contributed by atoms with van der Waals surface area (Å²) in [7, 11) is 1.63. The van der Waals surface area contributed by atoms with Crippen molar-refractivity contribution in [2.45, 2.75) is 11.9 Å². The second-order valence-corrected chi connectivity index (χ2v) is 7.06. The molecular formula is C20H18N2O4S. The lowest BCUT2D eigenvalue weighted by molar-refractivity contribution is -0.113. The first-order chi connectivity index (χ1) is 13.1. The third-order valence-electron chi connectivity index (χ3n) is 4.21. The molecule has 2 heterocycles. The number of aryl methyl sites for hydroxylation is 1. The van der Waals surface area contributed by atoms with E-state index in [4.69, 9.17) is 14.2 Å². The van der Waals surface area contributed by atoms with Crippen LogP contribution in [0.25, 0.3) is 10.9 Å². The van der Waals surface area contributed by atoms with Crippen LogP contribution in [-0.2, 0) is 4.79 Å². The molecule has 1 N–H and O–H groups in total. The summed E-state index contributed by atoms with van der Waals surface area (Å²) in [6.45, 7) is 2.24. The van der Waals surface area contributed by atoms with Gasteiger partial charge in [-0.2, -0.15) is 0 Å². The number of pyridine rings is 1. The van der Waals surface area contributed by atoms with E-state index in [1.165, 1.54) is 11.8 Å². The molecule has 0 unspecified atom stereocenters. The number of nitrogens with one attached hydrogen (secondary N) is 1. The second kappa shape index (κ2) is 7.36. The van der Waals surface area contributed by atoms with Crippen LogP contribution in [0.15, 0.2) is 47.5 Å². The molecule has 1 aliphatic heterocycles. The molecule has 0 aliphatic carbocycles. The van der Waals surface area contributed by atoms with Crippen LogP contribution in [0.3, 0.4) is 0 Å². The van der Waals surface area contributed by atoms with Crippen LogP contribution in [0.1, 0.15) is 5.56 Å². The van der Waals surface area contributed by atoms with E-state index in [0.717, 1.165) is 27.2 Å². The predicted molar refractivity (Wildman–Crippen MR) is 105 cm³/mol. The fourth-order valence-electron chi connectivity index (χ4n) is 2.86. The monoisotopic (exact) mass is 382 g/mol. The summed E-state index contributed by atoms with van der Waals surface area (Å²) >= 11 is 1.40. The maximum Gasteiger partial charge on any atom is 0.234 e. The lowest BCUT2D eigenvalue weighted by Gasteiger charge is -2.09. The minimum atomic E-state index is -0.107. The summed E-state index contributed by atoms with van der Waals surface area (Å²) in [5, 5.41) is 4.74. The van der Waals surface area contributed by atoms with Gasteiger partial charge >= 0.3 is 0 Å². The van der Waals surface area contributed by atoms with E-state index in [-0.39, 0.29) is 18.5 Å². The first kappa shape index (κ1) is 17.5. The topological polar surface area (TPSA) is 69.7 Å². The molecule has 0 fully saturated rings. The minimum Gasteiger partial charge on any atom is -0.497 e. The molecule has 1 aliphatic rings. The van der Waals surface area contributed by atoms with Crippen LogP contribution in [0.5, 0.6) is 17.2 Å². The Hall–Kier alpha value is -2.93. The van der Waals surface area contributed by atoms with Gasteiger partial charge in [0.05, 0.1) is 23.4 Å². The lowest BCUT2D eigenvalue weighted by atomic mass is 10.1. The average molecular weight is 382 g/mol. The number of hydrogen-bond acceptors (Lipinski definition) is 6. The summed E-state index contributed by atoms with van der Waals surface area (Å²) in [4.78, 5) is 16.9. The molecule has 1 aromatic heterocycles. The third kappa shape index (κ3) is 3.78. The van der Waals surface area contributed by atoms with Crippen molar-refractivity contribution in [3.05, 3.63) is 48.0 Å². The normalized spacial score (nSPS) is 12.2. The molecule has 1 amide bonds. The maximum absolute atomic E-state index is 12.3. The highest BCUT2D eigenvalue weighted by molar-refractivity contribution is 7.99. The molecule has 7 heteroatoms. The van der Waals surface area contributed by atoms with Crippen LogP contribution in [0.4, 0.5) is 5.69 Å². The molecule has 138 valence electrons. The molecule has 27 heavy (non-hydrogen) atoms. The maximum atomic E-state index is 12.3. The van der Waals surface area contributed by atoms with E-state index < -0.39 is 0 Å². The minimum absolute atomic E-state index is 0.107. The van der Waals surface area contributed by atoms with E-state index in [1.54, 1.807) is 25.3 Å². The van der Waals surface area contributed by atoms with Gasteiger partial charge in [-0.05, 0) is 42.8 Å². The number of anilines is 1. The highest BCUT2D eigenvalue weighted by Gasteiger charge is 2.14. The number of aromatic nitrogens is 1. The van der Waals surface area contributed by atoms with Crippen LogP contribution in [-0.4, -0.2) is 30.5 Å². The largest absolute Gasteiger partial charge is 0.497 e. The van der Waals surface area contributed by atoms with Gasteiger partial charge in [0.1, 0.15) is 5.75 Å². The van der Waals surface area contributed by atoms with E-state index in [9.17, 15) is 4.79 Å². The Bertz CT molecular complexity index is 1020. The van der Waals surface area contributed by atoms with Crippen LogP contribution >= 0.6 is 11.8 Å². The van der Waals surface area contributed by atoms with Gasteiger partial charge in [0.15, 0.2) is 11.5 Å². The van der Waals surface area contributed by atoms with Gasteiger partial charge in [-0.3, -0.25) is 4.79 Å². The average Bonchev–Trinajstić information content (AvgIpc) is 3.13. The molecule has 2 aromatic carbocycles. The van der Waals surface area contributed by atoms with Gasteiger partial charge in [0, 0.05) is 23.2 Å². The van der Waals surface area contributed by atoms with Crippen molar-refractivity contribution in [2.75, 3.05) is 25.0 Å². The predicted octanol–water partition coefficient (Wildman–Crippen LogP) is 4.01. The molecule has 6 nitrogen and oxygen atoms in total. The fourth-order valence-corrected chi connectivity index (χ4v) is 3.64. The van der Waals surface area contributed by atoms with E-state index in [2.05, 4.69) is 10.3 Å². The van der Waals surface area contributed by atoms with E-state index in [1.807, 2.05) is 31.2 Å². The first-order valence-corrected chi connectivity index (χ1v) is 9.38. The molecule has 0 atom stereocenters. The van der Waals surface area contributed by atoms with Gasteiger partial charge in [-0.1, -0.05) is 11.8 Å². The quantitative estimate of drug-likeness (QED) is 0.673. The number of rotatable bonds is 5. The zero-order chi connectivity index (χ0) is 18.8. The Balaban J connectivity index is 1.44. The number of amides is 1. The first-order valence-electron chi connectivity index (χ1n) is 8.40. The summed E-state index contributed by atoms with van der Waals surface area (Å²) in [6.07, 6.45) is 0. The highest BCUT2D eigenvalue weighted by Crippen LogP contribution is 2.34. The molecule has 0 spiro atoms. The zero-order valence-electron chi connectivity index (χ0n) is 14.9. The molecule has 4 rings (SSSR count). The Morgan fingerprint density at radius 1 is 1.19 bits per heavy atom. The Kier molecular flexibility index (Phi) is 4.77. The molecular weight excluding hydrogens is 364 g/mol. The fraction of sp³-hybridized carbons (Fsp3) is 0.200. The lowest BCUT2D eigenvalue weighted by Crippen LogP contribution is -2.14.